The summed E-state index contributed by atoms with van der Waals surface area (Å²) in [4.78, 5) is 34.5. The molecule has 2 aliphatic rings. The maximum Gasteiger partial charge on any atom is 0.416 e. The fraction of sp³-hybridized carbons (Fsp3) is 0.348. The van der Waals surface area contributed by atoms with Crippen LogP contribution in [0, 0.1) is 5.92 Å². The summed E-state index contributed by atoms with van der Waals surface area (Å²) in [6.07, 6.45) is -2.83. The molecular weight excluding hydrogens is 421 g/mol. The van der Waals surface area contributed by atoms with E-state index in [0.717, 1.165) is 35.4 Å². The average Bonchev–Trinajstić information content (AvgIpc) is 3.22. The van der Waals surface area contributed by atoms with Crippen LogP contribution in [0.15, 0.2) is 48.5 Å². The monoisotopic (exact) mass is 442 g/mol. The number of alkyl halides is 3. The Morgan fingerprint density at radius 1 is 1.16 bits per heavy atom. The van der Waals surface area contributed by atoms with Gasteiger partial charge >= 0.3 is 6.18 Å². The lowest BCUT2D eigenvalue weighted by molar-refractivity contribution is -0.137. The minimum atomic E-state index is -4.42. The van der Waals surface area contributed by atoms with Crippen molar-refractivity contribution in [2.75, 3.05) is 11.4 Å². The predicted octanol–water partition coefficient (Wildman–Crippen LogP) is 4.00. The van der Waals surface area contributed by atoms with Gasteiger partial charge in [0.1, 0.15) is 11.9 Å². The van der Waals surface area contributed by atoms with Gasteiger partial charge in [0, 0.05) is 24.6 Å². The van der Waals surface area contributed by atoms with Crippen molar-refractivity contribution in [3.05, 3.63) is 59.9 Å². The van der Waals surface area contributed by atoms with Crippen molar-refractivity contribution in [3.63, 3.8) is 0 Å². The number of nitrogens with one attached hydrogen (secondary N) is 2. The maximum absolute atomic E-state index is 12.7. The number of carbonyl (C=O) groups is 2. The number of hydrogen-bond acceptors (Lipinski definition) is 3. The number of amides is 2. The summed E-state index contributed by atoms with van der Waals surface area (Å²) in [5.74, 6) is 0.771. The number of benzene rings is 2. The average molecular weight is 442 g/mol. The summed E-state index contributed by atoms with van der Waals surface area (Å²) in [6.45, 7) is 0.347. The van der Waals surface area contributed by atoms with Crippen molar-refractivity contribution in [2.45, 2.75) is 37.4 Å². The molecule has 0 radical (unpaired) electrons. The minimum absolute atomic E-state index is 0.179. The smallest absolute Gasteiger partial charge is 0.344 e. The summed E-state index contributed by atoms with van der Waals surface area (Å²) < 4.78 is 38.2. The molecule has 166 valence electrons. The van der Waals surface area contributed by atoms with Crippen LogP contribution in [-0.4, -0.2) is 34.4 Å². The van der Waals surface area contributed by atoms with Gasteiger partial charge in [-0.25, -0.2) is 4.98 Å². The van der Waals surface area contributed by atoms with Crippen molar-refractivity contribution >= 4 is 28.5 Å². The number of carbonyl (C=O) groups excluding carboxylic acids is 2. The van der Waals surface area contributed by atoms with Gasteiger partial charge in [0.15, 0.2) is 0 Å². The van der Waals surface area contributed by atoms with E-state index in [2.05, 4.69) is 15.3 Å². The maximum atomic E-state index is 12.7. The molecular formula is C23H21F3N4O2. The van der Waals surface area contributed by atoms with Gasteiger partial charge in [-0.15, -0.1) is 0 Å². The largest absolute Gasteiger partial charge is 0.416 e. The van der Waals surface area contributed by atoms with Gasteiger partial charge in [-0.2, -0.15) is 13.2 Å². The predicted molar refractivity (Wildman–Crippen MR) is 112 cm³/mol. The van der Waals surface area contributed by atoms with Crippen LogP contribution < -0.4 is 10.2 Å². The molecule has 1 aliphatic heterocycles. The third kappa shape index (κ3) is 3.94. The summed E-state index contributed by atoms with van der Waals surface area (Å²) in [6, 6.07) is 11.6. The topological polar surface area (TPSA) is 78.1 Å². The third-order valence-corrected chi connectivity index (χ3v) is 6.18. The van der Waals surface area contributed by atoms with Crippen LogP contribution in [0.1, 0.15) is 36.6 Å². The Hall–Kier alpha value is -3.36. The summed E-state index contributed by atoms with van der Waals surface area (Å²) in [7, 11) is 0. The van der Waals surface area contributed by atoms with E-state index in [1.165, 1.54) is 17.0 Å². The number of para-hydroxylation sites is 2. The van der Waals surface area contributed by atoms with Crippen LogP contribution in [0.3, 0.4) is 0 Å². The molecule has 3 aromatic rings. The zero-order valence-electron chi connectivity index (χ0n) is 17.0. The summed E-state index contributed by atoms with van der Waals surface area (Å²) in [5, 5.41) is 2.79. The zero-order valence-corrected chi connectivity index (χ0v) is 17.0. The first kappa shape index (κ1) is 20.5. The highest BCUT2D eigenvalue weighted by molar-refractivity contribution is 6.01. The molecule has 9 heteroatoms. The molecule has 6 nitrogen and oxygen atoms in total. The molecule has 5 rings (SSSR count). The Morgan fingerprint density at radius 3 is 2.62 bits per heavy atom. The van der Waals surface area contributed by atoms with Gasteiger partial charge in [-0.05, 0) is 55.2 Å². The second-order valence-electron chi connectivity index (χ2n) is 8.39. The zero-order chi connectivity index (χ0) is 22.5. The second-order valence-corrected chi connectivity index (χ2v) is 8.39. The van der Waals surface area contributed by atoms with E-state index in [4.69, 9.17) is 0 Å². The van der Waals surface area contributed by atoms with E-state index in [9.17, 15) is 22.8 Å². The first-order valence-corrected chi connectivity index (χ1v) is 10.5. The number of H-pyrrole nitrogens is 1. The standard InChI is InChI=1S/C23H21F3N4O2/c24-23(25,26)14-5-7-15(8-6-14)30-10-9-19(22(30)32)27-20(31)12-13-11-16(13)21-28-17-3-1-2-4-18(17)29-21/h1-8,13,16,19H,9-12H2,(H,27,31)(H,28,29)/t13-,16-,19-/m0/s1. The number of imidazole rings is 1. The Bertz CT molecular complexity index is 1140. The Labute approximate surface area is 181 Å². The molecule has 1 saturated carbocycles. The first-order valence-electron chi connectivity index (χ1n) is 10.5. The van der Waals surface area contributed by atoms with Crippen molar-refractivity contribution < 1.29 is 22.8 Å². The van der Waals surface area contributed by atoms with E-state index in [-0.39, 0.29) is 23.7 Å². The van der Waals surface area contributed by atoms with Crippen molar-refractivity contribution in [2.24, 2.45) is 5.92 Å². The number of halogens is 3. The van der Waals surface area contributed by atoms with E-state index >= 15 is 0 Å². The molecule has 2 fully saturated rings. The number of aromatic nitrogens is 2. The molecule has 3 atom stereocenters. The molecule has 1 aliphatic carbocycles. The summed E-state index contributed by atoms with van der Waals surface area (Å²) in [5.41, 5.74) is 1.50. The van der Waals surface area contributed by atoms with E-state index < -0.39 is 17.8 Å². The van der Waals surface area contributed by atoms with Gasteiger partial charge in [0.2, 0.25) is 11.8 Å². The molecule has 2 heterocycles. The second kappa shape index (κ2) is 7.65. The number of aromatic amines is 1. The highest BCUT2D eigenvalue weighted by Crippen LogP contribution is 2.48. The van der Waals surface area contributed by atoms with Crippen LogP contribution >= 0.6 is 0 Å². The highest BCUT2D eigenvalue weighted by atomic mass is 19.4. The molecule has 0 unspecified atom stereocenters. The van der Waals surface area contributed by atoms with Crippen molar-refractivity contribution in [1.29, 1.82) is 0 Å². The number of rotatable bonds is 5. The molecule has 1 saturated heterocycles. The van der Waals surface area contributed by atoms with Gasteiger partial charge in [-0.3, -0.25) is 9.59 Å². The fourth-order valence-corrected chi connectivity index (χ4v) is 4.35. The van der Waals surface area contributed by atoms with Crippen LogP contribution in [0.25, 0.3) is 11.0 Å². The van der Waals surface area contributed by atoms with Crippen molar-refractivity contribution in [3.8, 4) is 0 Å². The molecule has 1 aromatic heterocycles. The number of nitrogens with zero attached hydrogens (tertiary/aromatic N) is 2. The van der Waals surface area contributed by atoms with Crippen molar-refractivity contribution in [1.82, 2.24) is 15.3 Å². The number of fused-ring (bicyclic) bond motifs is 1. The van der Waals surface area contributed by atoms with E-state index in [1.54, 1.807) is 0 Å². The third-order valence-electron chi connectivity index (χ3n) is 6.18. The number of anilines is 1. The lowest BCUT2D eigenvalue weighted by Crippen LogP contribution is -2.41. The van der Waals surface area contributed by atoms with E-state index in [0.29, 0.717) is 25.1 Å². The van der Waals surface area contributed by atoms with E-state index in [1.807, 2.05) is 24.3 Å². The molecule has 0 spiro atoms. The molecule has 32 heavy (non-hydrogen) atoms. The molecule has 2 N–H and O–H groups in total. The molecule has 0 bridgehead atoms. The molecule has 2 aromatic carbocycles. The van der Waals surface area contributed by atoms with Crippen LogP contribution in [0.2, 0.25) is 0 Å². The van der Waals surface area contributed by atoms with Gasteiger partial charge in [-0.1, -0.05) is 12.1 Å². The SMILES string of the molecule is O=C(C[C@@H]1C[C@@H]1c1nc2ccccc2[nH]1)N[C@H]1CCN(c2ccc(C(F)(F)F)cc2)C1=O. The van der Waals surface area contributed by atoms with Gasteiger partial charge in [0.25, 0.3) is 0 Å². The van der Waals surface area contributed by atoms with Crippen LogP contribution in [-0.2, 0) is 15.8 Å². The first-order chi connectivity index (χ1) is 15.3. The molecule has 2 amide bonds. The Kier molecular flexibility index (Phi) is 4.91. The Morgan fingerprint density at radius 2 is 1.91 bits per heavy atom. The van der Waals surface area contributed by atoms with Crippen LogP contribution in [0.5, 0.6) is 0 Å². The van der Waals surface area contributed by atoms with Gasteiger partial charge < -0.3 is 15.2 Å². The lowest BCUT2D eigenvalue weighted by atomic mass is 10.2. The fourth-order valence-electron chi connectivity index (χ4n) is 4.35. The Balaban J connectivity index is 1.16. The number of hydrogen-bond donors (Lipinski definition) is 2. The highest BCUT2D eigenvalue weighted by Gasteiger charge is 2.43. The quantitative estimate of drug-likeness (QED) is 0.627. The minimum Gasteiger partial charge on any atom is -0.344 e. The van der Waals surface area contributed by atoms with Gasteiger partial charge in [0.05, 0.1) is 16.6 Å². The normalized spacial score (nSPS) is 23.0. The van der Waals surface area contributed by atoms with Crippen LogP contribution in [0.4, 0.5) is 18.9 Å². The lowest BCUT2D eigenvalue weighted by Gasteiger charge is -2.18. The summed E-state index contributed by atoms with van der Waals surface area (Å²) >= 11 is 0.